The molecule has 2 atom stereocenters. The molecule has 0 aromatic rings. The van der Waals surface area contributed by atoms with E-state index < -0.39 is 0 Å². The Morgan fingerprint density at radius 2 is 2.00 bits per heavy atom. The van der Waals surface area contributed by atoms with Gasteiger partial charge >= 0.3 is 0 Å². The maximum absolute atomic E-state index is 5.40. The lowest BCUT2D eigenvalue weighted by molar-refractivity contribution is 0.160. The van der Waals surface area contributed by atoms with Crippen molar-refractivity contribution in [3.63, 3.8) is 0 Å². The van der Waals surface area contributed by atoms with E-state index >= 15 is 0 Å². The number of nitrogens with one attached hydrogen (secondary N) is 1. The Balaban J connectivity index is 2.19. The standard InChI is InChI=1S/C16H31NO/c1-5-12-18-13-11-17-15-8-6-7-14(9-10-15)16(2,3)4/h5,14-15,17H,1,6-13H2,2-4H3. The van der Waals surface area contributed by atoms with E-state index in [1.165, 1.54) is 32.1 Å². The highest BCUT2D eigenvalue weighted by Crippen LogP contribution is 2.36. The van der Waals surface area contributed by atoms with Crippen LogP contribution in [0.15, 0.2) is 12.7 Å². The number of ether oxygens (including phenoxy) is 1. The molecule has 0 radical (unpaired) electrons. The summed E-state index contributed by atoms with van der Waals surface area (Å²) in [7, 11) is 0. The quantitative estimate of drug-likeness (QED) is 0.442. The maximum atomic E-state index is 5.40. The predicted molar refractivity (Wildman–Crippen MR) is 78.8 cm³/mol. The number of hydrogen-bond acceptors (Lipinski definition) is 2. The van der Waals surface area contributed by atoms with Gasteiger partial charge < -0.3 is 10.1 Å². The lowest BCUT2D eigenvalue weighted by Gasteiger charge is -2.29. The minimum Gasteiger partial charge on any atom is -0.376 e. The van der Waals surface area contributed by atoms with E-state index in [9.17, 15) is 0 Å². The van der Waals surface area contributed by atoms with Crippen molar-refractivity contribution in [1.82, 2.24) is 5.32 Å². The highest BCUT2D eigenvalue weighted by Gasteiger charge is 2.27. The third-order valence-corrected chi connectivity index (χ3v) is 4.11. The molecule has 1 aliphatic carbocycles. The molecule has 0 amide bonds. The monoisotopic (exact) mass is 253 g/mol. The molecule has 0 aromatic carbocycles. The second-order valence-electron chi connectivity index (χ2n) is 6.59. The second kappa shape index (κ2) is 7.96. The van der Waals surface area contributed by atoms with Crippen LogP contribution in [0.25, 0.3) is 0 Å². The zero-order valence-corrected chi connectivity index (χ0v) is 12.5. The van der Waals surface area contributed by atoms with E-state index in [2.05, 4.69) is 32.7 Å². The van der Waals surface area contributed by atoms with E-state index in [0.717, 1.165) is 19.1 Å². The van der Waals surface area contributed by atoms with Crippen molar-refractivity contribution in [2.24, 2.45) is 11.3 Å². The first-order valence-electron chi connectivity index (χ1n) is 7.46. The number of rotatable bonds is 6. The zero-order valence-electron chi connectivity index (χ0n) is 12.5. The van der Waals surface area contributed by atoms with Crippen LogP contribution in [-0.2, 0) is 4.74 Å². The van der Waals surface area contributed by atoms with Gasteiger partial charge in [-0.1, -0.05) is 33.3 Å². The summed E-state index contributed by atoms with van der Waals surface area (Å²) in [6, 6.07) is 0.699. The fourth-order valence-electron chi connectivity index (χ4n) is 2.87. The first-order chi connectivity index (χ1) is 8.54. The first-order valence-corrected chi connectivity index (χ1v) is 7.46. The Morgan fingerprint density at radius 3 is 2.67 bits per heavy atom. The molecule has 0 saturated heterocycles. The lowest BCUT2D eigenvalue weighted by Crippen LogP contribution is -2.31. The maximum Gasteiger partial charge on any atom is 0.0645 e. The van der Waals surface area contributed by atoms with Gasteiger partial charge in [-0.3, -0.25) is 0 Å². The van der Waals surface area contributed by atoms with Crippen LogP contribution < -0.4 is 5.32 Å². The van der Waals surface area contributed by atoms with Crippen molar-refractivity contribution >= 4 is 0 Å². The van der Waals surface area contributed by atoms with Gasteiger partial charge in [-0.2, -0.15) is 0 Å². The molecule has 106 valence electrons. The molecule has 1 aliphatic rings. The Morgan fingerprint density at radius 1 is 1.22 bits per heavy atom. The van der Waals surface area contributed by atoms with E-state index in [0.29, 0.717) is 18.1 Å². The zero-order chi connectivity index (χ0) is 13.4. The van der Waals surface area contributed by atoms with Gasteiger partial charge in [0, 0.05) is 12.6 Å². The van der Waals surface area contributed by atoms with E-state index in [1.54, 1.807) is 6.08 Å². The van der Waals surface area contributed by atoms with Crippen molar-refractivity contribution in [3.8, 4) is 0 Å². The van der Waals surface area contributed by atoms with Gasteiger partial charge in [0.25, 0.3) is 0 Å². The normalized spacial score (nSPS) is 25.7. The van der Waals surface area contributed by atoms with Gasteiger partial charge in [0.1, 0.15) is 0 Å². The van der Waals surface area contributed by atoms with Gasteiger partial charge in [0.2, 0.25) is 0 Å². The first kappa shape index (κ1) is 15.7. The predicted octanol–water partition coefficient (Wildman–Crippen LogP) is 3.77. The third kappa shape index (κ3) is 6.01. The fourth-order valence-corrected chi connectivity index (χ4v) is 2.87. The van der Waals surface area contributed by atoms with Crippen LogP contribution in [0.5, 0.6) is 0 Å². The van der Waals surface area contributed by atoms with Crippen molar-refractivity contribution in [3.05, 3.63) is 12.7 Å². The minimum absolute atomic E-state index is 0.474. The van der Waals surface area contributed by atoms with E-state index in [1.807, 2.05) is 0 Å². The molecule has 0 aliphatic heterocycles. The Labute approximate surface area is 113 Å². The van der Waals surface area contributed by atoms with Gasteiger partial charge in [-0.25, -0.2) is 0 Å². The summed E-state index contributed by atoms with van der Waals surface area (Å²) in [5, 5.41) is 3.63. The van der Waals surface area contributed by atoms with Crippen molar-refractivity contribution in [2.45, 2.75) is 58.9 Å². The minimum atomic E-state index is 0.474. The van der Waals surface area contributed by atoms with Gasteiger partial charge in [-0.15, -0.1) is 6.58 Å². The largest absolute Gasteiger partial charge is 0.376 e. The van der Waals surface area contributed by atoms with Crippen molar-refractivity contribution < 1.29 is 4.74 Å². The Bertz CT molecular complexity index is 232. The average molecular weight is 253 g/mol. The smallest absolute Gasteiger partial charge is 0.0645 e. The topological polar surface area (TPSA) is 21.3 Å². The van der Waals surface area contributed by atoms with E-state index in [4.69, 9.17) is 4.74 Å². The fraction of sp³-hybridized carbons (Fsp3) is 0.875. The van der Waals surface area contributed by atoms with Crippen LogP contribution in [-0.4, -0.2) is 25.8 Å². The number of hydrogen-bond donors (Lipinski definition) is 1. The summed E-state index contributed by atoms with van der Waals surface area (Å²) < 4.78 is 5.40. The van der Waals surface area contributed by atoms with Gasteiger partial charge in [-0.05, 0) is 37.0 Å². The summed E-state index contributed by atoms with van der Waals surface area (Å²) in [6.45, 7) is 13.2. The molecule has 2 nitrogen and oxygen atoms in total. The average Bonchev–Trinajstić information content (AvgIpc) is 2.53. The third-order valence-electron chi connectivity index (χ3n) is 4.11. The molecule has 2 unspecified atom stereocenters. The van der Waals surface area contributed by atoms with E-state index in [-0.39, 0.29) is 0 Å². The Hall–Kier alpha value is -0.340. The molecule has 1 rings (SSSR count). The van der Waals surface area contributed by atoms with Crippen LogP contribution in [0, 0.1) is 11.3 Å². The molecule has 1 N–H and O–H groups in total. The van der Waals surface area contributed by atoms with Gasteiger partial charge in [0.15, 0.2) is 0 Å². The van der Waals surface area contributed by atoms with Crippen LogP contribution in [0.1, 0.15) is 52.9 Å². The van der Waals surface area contributed by atoms with Crippen LogP contribution >= 0.6 is 0 Å². The molecule has 0 heterocycles. The second-order valence-corrected chi connectivity index (χ2v) is 6.59. The van der Waals surface area contributed by atoms with Gasteiger partial charge in [0.05, 0.1) is 13.2 Å². The molecule has 1 saturated carbocycles. The molecular formula is C16H31NO. The highest BCUT2D eigenvalue weighted by molar-refractivity contribution is 4.81. The molecule has 18 heavy (non-hydrogen) atoms. The summed E-state index contributed by atoms with van der Waals surface area (Å²) in [5.41, 5.74) is 0.474. The summed E-state index contributed by atoms with van der Waals surface area (Å²) in [5.74, 6) is 0.890. The molecular weight excluding hydrogens is 222 g/mol. The molecule has 0 bridgehead atoms. The molecule has 1 fully saturated rings. The highest BCUT2D eigenvalue weighted by atomic mass is 16.5. The molecule has 0 aromatic heterocycles. The van der Waals surface area contributed by atoms with Crippen LogP contribution in [0.2, 0.25) is 0 Å². The van der Waals surface area contributed by atoms with Crippen LogP contribution in [0.4, 0.5) is 0 Å². The lowest BCUT2D eigenvalue weighted by atomic mass is 9.76. The van der Waals surface area contributed by atoms with Crippen molar-refractivity contribution in [2.75, 3.05) is 19.8 Å². The molecule has 2 heteroatoms. The summed E-state index contributed by atoms with van der Waals surface area (Å²) in [6.07, 6.45) is 8.59. The summed E-state index contributed by atoms with van der Waals surface area (Å²) in [4.78, 5) is 0. The van der Waals surface area contributed by atoms with Crippen LogP contribution in [0.3, 0.4) is 0 Å². The Kier molecular flexibility index (Phi) is 6.95. The SMILES string of the molecule is C=CCOCCNC1CCCC(C(C)(C)C)CC1. The molecule has 0 spiro atoms. The summed E-state index contributed by atoms with van der Waals surface area (Å²) >= 11 is 0. The van der Waals surface area contributed by atoms with Crippen molar-refractivity contribution in [1.29, 1.82) is 0 Å².